The molecule has 0 amide bonds. The summed E-state index contributed by atoms with van der Waals surface area (Å²) in [7, 11) is 0. The second-order valence-corrected chi connectivity index (χ2v) is 8.88. The molecule has 0 N–H and O–H groups in total. The molecule has 1 heterocycles. The lowest BCUT2D eigenvalue weighted by atomic mass is 9.77. The molecule has 0 atom stereocenters. The van der Waals surface area contributed by atoms with Crippen molar-refractivity contribution < 1.29 is 0 Å². The van der Waals surface area contributed by atoms with E-state index in [9.17, 15) is 0 Å². The van der Waals surface area contributed by atoms with Crippen LogP contribution in [0.4, 0.5) is 0 Å². The fraction of sp³-hybridized carbons (Fsp3) is 0.0357. The van der Waals surface area contributed by atoms with Gasteiger partial charge in [0, 0.05) is 16.8 Å². The zero-order valence-corrected chi connectivity index (χ0v) is 19.5. The van der Waals surface area contributed by atoms with Crippen LogP contribution in [0, 0.1) is 0 Å². The zero-order valence-electron chi connectivity index (χ0n) is 17.2. The first-order chi connectivity index (χ1) is 15.7. The molecule has 0 fully saturated rings. The Morgan fingerprint density at radius 3 is 1.50 bits per heavy atom. The lowest BCUT2D eigenvalue weighted by Gasteiger charge is -2.36. The van der Waals surface area contributed by atoms with Gasteiger partial charge >= 0.3 is 0 Å². The minimum atomic E-state index is -0.642. The fourth-order valence-electron chi connectivity index (χ4n) is 4.26. The van der Waals surface area contributed by atoms with Gasteiger partial charge in [-0.15, -0.1) is 0 Å². The Morgan fingerprint density at radius 2 is 1.06 bits per heavy atom. The van der Waals surface area contributed by atoms with Crippen molar-refractivity contribution in [3.8, 4) is 11.3 Å². The molecule has 0 spiro atoms. The van der Waals surface area contributed by atoms with Gasteiger partial charge in [-0.05, 0) is 44.8 Å². The summed E-state index contributed by atoms with van der Waals surface area (Å²) >= 11 is 9.89. The Balaban J connectivity index is 1.84. The minimum Gasteiger partial charge on any atom is -0.251 e. The molecule has 4 heteroatoms. The van der Waals surface area contributed by atoms with Gasteiger partial charge in [-0.1, -0.05) is 115 Å². The highest BCUT2D eigenvalue weighted by molar-refractivity contribution is 9.10. The average Bonchev–Trinajstić information content (AvgIpc) is 3.24. The number of hydrogen-bond donors (Lipinski definition) is 0. The molecule has 0 saturated heterocycles. The number of halogens is 2. The summed E-state index contributed by atoms with van der Waals surface area (Å²) in [5.74, 6) is 0. The molecular formula is C28H20BrClN2. The van der Waals surface area contributed by atoms with Crippen LogP contribution < -0.4 is 0 Å². The minimum absolute atomic E-state index is 0.642. The summed E-state index contributed by atoms with van der Waals surface area (Å²) < 4.78 is 2.99. The molecule has 0 unspecified atom stereocenters. The molecule has 0 aliphatic carbocycles. The molecule has 4 aromatic carbocycles. The van der Waals surface area contributed by atoms with Crippen LogP contribution in [0.1, 0.15) is 16.7 Å². The maximum absolute atomic E-state index is 6.12. The van der Waals surface area contributed by atoms with Crippen LogP contribution in [-0.4, -0.2) is 9.78 Å². The quantitative estimate of drug-likeness (QED) is 0.225. The van der Waals surface area contributed by atoms with Gasteiger partial charge in [0.1, 0.15) is 11.2 Å². The van der Waals surface area contributed by atoms with Crippen LogP contribution in [0.15, 0.2) is 126 Å². The zero-order chi connectivity index (χ0) is 22.0. The van der Waals surface area contributed by atoms with Crippen molar-refractivity contribution in [2.24, 2.45) is 0 Å². The highest BCUT2D eigenvalue weighted by atomic mass is 79.9. The van der Waals surface area contributed by atoms with Crippen LogP contribution in [0.2, 0.25) is 5.02 Å². The van der Waals surface area contributed by atoms with E-state index in [-0.39, 0.29) is 0 Å². The third kappa shape index (κ3) is 3.58. The summed E-state index contributed by atoms with van der Waals surface area (Å²) in [6.07, 6.45) is 2.07. The third-order valence-corrected chi connectivity index (χ3v) is 6.54. The first kappa shape index (κ1) is 20.7. The van der Waals surface area contributed by atoms with Crippen LogP contribution in [0.25, 0.3) is 11.3 Å². The Labute approximate surface area is 201 Å². The van der Waals surface area contributed by atoms with Crippen molar-refractivity contribution >= 4 is 27.5 Å². The van der Waals surface area contributed by atoms with Crippen LogP contribution in [-0.2, 0) is 5.54 Å². The maximum Gasteiger partial charge on any atom is 0.138 e. The van der Waals surface area contributed by atoms with E-state index in [1.807, 2.05) is 42.5 Å². The summed E-state index contributed by atoms with van der Waals surface area (Å²) in [5.41, 5.74) is 4.63. The largest absolute Gasteiger partial charge is 0.251 e. The van der Waals surface area contributed by atoms with Crippen molar-refractivity contribution in [1.82, 2.24) is 9.78 Å². The van der Waals surface area contributed by atoms with Crippen molar-refractivity contribution in [2.75, 3.05) is 0 Å². The average molecular weight is 500 g/mol. The summed E-state index contributed by atoms with van der Waals surface area (Å²) in [5, 5.41) is 5.84. The molecule has 0 bridgehead atoms. The van der Waals surface area contributed by atoms with Gasteiger partial charge in [0.25, 0.3) is 0 Å². The van der Waals surface area contributed by atoms with E-state index in [0.717, 1.165) is 32.4 Å². The molecule has 5 aromatic rings. The smallest absolute Gasteiger partial charge is 0.138 e. The Kier molecular flexibility index (Phi) is 5.69. The fourth-order valence-corrected chi connectivity index (χ4v) is 4.89. The van der Waals surface area contributed by atoms with Crippen LogP contribution >= 0.6 is 27.5 Å². The summed E-state index contributed by atoms with van der Waals surface area (Å²) in [4.78, 5) is 0. The Bertz CT molecular complexity index is 1220. The first-order valence-electron chi connectivity index (χ1n) is 10.4. The molecule has 0 saturated carbocycles. The van der Waals surface area contributed by atoms with Gasteiger partial charge in [-0.25, -0.2) is 0 Å². The van der Waals surface area contributed by atoms with Crippen molar-refractivity contribution in [3.05, 3.63) is 148 Å². The number of nitrogens with zero attached hydrogens (tertiary/aromatic N) is 2. The van der Waals surface area contributed by atoms with Crippen molar-refractivity contribution in [2.45, 2.75) is 5.54 Å². The SMILES string of the molecule is Clc1ccc(-c2nn(C(c3ccccc3)(c3ccccc3)c3ccccc3)cc2Br)cc1. The van der Waals surface area contributed by atoms with E-state index in [2.05, 4.69) is 99.6 Å². The van der Waals surface area contributed by atoms with Crippen LogP contribution in [0.5, 0.6) is 0 Å². The van der Waals surface area contributed by atoms with E-state index < -0.39 is 5.54 Å². The molecule has 1 aromatic heterocycles. The van der Waals surface area contributed by atoms with Crippen molar-refractivity contribution in [1.29, 1.82) is 0 Å². The third-order valence-electron chi connectivity index (χ3n) is 5.71. The van der Waals surface area contributed by atoms with Gasteiger partial charge in [0.2, 0.25) is 0 Å². The maximum atomic E-state index is 6.12. The predicted octanol–water partition coefficient (Wildman–Crippen LogP) is 7.81. The lowest BCUT2D eigenvalue weighted by Crippen LogP contribution is -2.38. The normalized spacial score (nSPS) is 11.4. The number of rotatable bonds is 5. The molecule has 5 rings (SSSR count). The monoisotopic (exact) mass is 498 g/mol. The van der Waals surface area contributed by atoms with Gasteiger partial charge in [-0.3, -0.25) is 4.68 Å². The van der Waals surface area contributed by atoms with Crippen LogP contribution in [0.3, 0.4) is 0 Å². The topological polar surface area (TPSA) is 17.8 Å². The highest BCUT2D eigenvalue weighted by Crippen LogP contribution is 2.42. The van der Waals surface area contributed by atoms with Gasteiger partial charge in [0.15, 0.2) is 0 Å². The first-order valence-corrected chi connectivity index (χ1v) is 11.5. The molecule has 156 valence electrons. The van der Waals surface area contributed by atoms with E-state index >= 15 is 0 Å². The number of aromatic nitrogens is 2. The number of hydrogen-bond acceptors (Lipinski definition) is 1. The van der Waals surface area contributed by atoms with E-state index in [4.69, 9.17) is 16.7 Å². The Morgan fingerprint density at radius 1 is 0.625 bits per heavy atom. The molecule has 0 radical (unpaired) electrons. The van der Waals surface area contributed by atoms with Gasteiger partial charge in [-0.2, -0.15) is 5.10 Å². The molecule has 32 heavy (non-hydrogen) atoms. The standard InChI is InChI=1S/C28H20BrClN2/c29-26-20-32(31-27(26)21-16-18-25(30)19-17-21)28(22-10-4-1-5-11-22,23-12-6-2-7-13-23)24-14-8-3-9-15-24/h1-20H. The molecular weight excluding hydrogens is 480 g/mol. The van der Waals surface area contributed by atoms with Gasteiger partial charge < -0.3 is 0 Å². The summed E-state index contributed by atoms with van der Waals surface area (Å²) in [6.45, 7) is 0. The number of benzene rings is 4. The summed E-state index contributed by atoms with van der Waals surface area (Å²) in [6, 6.07) is 39.4. The predicted molar refractivity (Wildman–Crippen MR) is 135 cm³/mol. The molecule has 2 nitrogen and oxygen atoms in total. The second-order valence-electron chi connectivity index (χ2n) is 7.59. The van der Waals surface area contributed by atoms with Crippen molar-refractivity contribution in [3.63, 3.8) is 0 Å². The highest BCUT2D eigenvalue weighted by Gasteiger charge is 2.39. The van der Waals surface area contributed by atoms with E-state index in [1.54, 1.807) is 0 Å². The molecule has 0 aliphatic heterocycles. The molecule has 0 aliphatic rings. The Hall–Kier alpha value is -3.14. The lowest BCUT2D eigenvalue weighted by molar-refractivity contribution is 0.461. The van der Waals surface area contributed by atoms with E-state index in [1.165, 1.54) is 0 Å². The van der Waals surface area contributed by atoms with E-state index in [0.29, 0.717) is 5.02 Å². The van der Waals surface area contributed by atoms with Gasteiger partial charge in [0.05, 0.1) is 4.47 Å². The second kappa shape index (κ2) is 8.78.